The van der Waals surface area contributed by atoms with Gasteiger partial charge in [0.25, 0.3) is 5.91 Å². The molecule has 0 radical (unpaired) electrons. The molecule has 31 heavy (non-hydrogen) atoms. The lowest BCUT2D eigenvalue weighted by molar-refractivity contribution is 0.0924. The number of carbonyl (C=O) groups excluding carboxylic acids is 1. The summed E-state index contributed by atoms with van der Waals surface area (Å²) < 4.78 is 14.4. The number of amides is 1. The molecule has 2 aromatic heterocycles. The van der Waals surface area contributed by atoms with E-state index in [2.05, 4.69) is 25.6 Å². The van der Waals surface area contributed by atoms with Gasteiger partial charge in [0.2, 0.25) is 0 Å². The van der Waals surface area contributed by atoms with E-state index in [0.717, 1.165) is 5.56 Å². The first-order valence-electron chi connectivity index (χ1n) is 9.75. The minimum absolute atomic E-state index is 0.0951. The molecule has 0 aliphatic rings. The van der Waals surface area contributed by atoms with Crippen LogP contribution in [0.3, 0.4) is 0 Å². The molecule has 0 saturated carbocycles. The number of rotatable bonds is 7. The highest BCUT2D eigenvalue weighted by molar-refractivity contribution is 6.30. The molecule has 3 rings (SSSR count). The van der Waals surface area contributed by atoms with Crippen LogP contribution in [-0.2, 0) is 0 Å². The van der Waals surface area contributed by atoms with Gasteiger partial charge in [0.05, 0.1) is 11.8 Å². The van der Waals surface area contributed by atoms with Crippen molar-refractivity contribution in [1.82, 2.24) is 20.3 Å². The third-order valence-electron chi connectivity index (χ3n) is 4.53. The molecule has 3 aromatic rings. The number of hydrogen-bond donors (Lipinski definition) is 3. The van der Waals surface area contributed by atoms with Gasteiger partial charge in [0.15, 0.2) is 0 Å². The van der Waals surface area contributed by atoms with Gasteiger partial charge in [0.1, 0.15) is 23.5 Å². The Balaban J connectivity index is 2.01. The van der Waals surface area contributed by atoms with Crippen LogP contribution in [0.4, 0.5) is 15.9 Å². The van der Waals surface area contributed by atoms with Crippen LogP contribution in [0.25, 0.3) is 11.3 Å². The number of anilines is 2. The van der Waals surface area contributed by atoms with Crippen molar-refractivity contribution >= 4 is 29.0 Å². The van der Waals surface area contributed by atoms with Crippen molar-refractivity contribution in [2.75, 3.05) is 11.9 Å². The zero-order valence-corrected chi connectivity index (χ0v) is 18.1. The predicted octanol–water partition coefficient (Wildman–Crippen LogP) is 4.31. The molecule has 0 aliphatic heterocycles. The lowest BCUT2D eigenvalue weighted by Crippen LogP contribution is -2.31. The standard InChI is InChI=1S/C22H23ClFN5O2/c1-12(2)16-10-26-19(15-6-14(23)4-5-18(15)24)7-20(16)29-21-17(9-25-11-28-21)22(31)27-8-13(3)30/h4-7,9-13,30H,8H2,1-3H3,(H,27,31)(H,25,26,28,29). The zero-order valence-electron chi connectivity index (χ0n) is 17.4. The highest BCUT2D eigenvalue weighted by atomic mass is 35.5. The minimum atomic E-state index is -0.687. The Bertz CT molecular complexity index is 1090. The second-order valence-corrected chi connectivity index (χ2v) is 7.84. The van der Waals surface area contributed by atoms with Crippen molar-refractivity contribution in [3.05, 3.63) is 65.0 Å². The maximum atomic E-state index is 14.4. The average molecular weight is 444 g/mol. The summed E-state index contributed by atoms with van der Waals surface area (Å²) in [5.74, 6) is -0.489. The van der Waals surface area contributed by atoms with Gasteiger partial charge in [-0.05, 0) is 42.7 Å². The molecule has 1 aromatic carbocycles. The third-order valence-corrected chi connectivity index (χ3v) is 4.76. The Labute approximate surface area is 184 Å². The molecule has 1 atom stereocenters. The van der Waals surface area contributed by atoms with E-state index in [-0.39, 0.29) is 29.4 Å². The lowest BCUT2D eigenvalue weighted by atomic mass is 10.0. The van der Waals surface area contributed by atoms with Crippen LogP contribution in [0.1, 0.15) is 42.6 Å². The molecule has 162 valence electrons. The number of nitrogens with zero attached hydrogens (tertiary/aromatic N) is 3. The summed E-state index contributed by atoms with van der Waals surface area (Å²) in [4.78, 5) is 25.1. The summed E-state index contributed by atoms with van der Waals surface area (Å²) in [6.07, 6.45) is 3.69. The molecule has 9 heteroatoms. The van der Waals surface area contributed by atoms with E-state index >= 15 is 0 Å². The summed E-state index contributed by atoms with van der Waals surface area (Å²) >= 11 is 6.04. The van der Waals surface area contributed by atoms with Gasteiger partial charge in [0, 0.05) is 35.2 Å². The number of aromatic nitrogens is 3. The fourth-order valence-corrected chi connectivity index (χ4v) is 3.11. The Morgan fingerprint density at radius 1 is 1.19 bits per heavy atom. The average Bonchev–Trinajstić information content (AvgIpc) is 2.74. The number of halogens is 2. The first-order valence-corrected chi connectivity index (χ1v) is 10.1. The fraction of sp³-hybridized carbons (Fsp3) is 0.273. The Morgan fingerprint density at radius 3 is 2.68 bits per heavy atom. The van der Waals surface area contributed by atoms with Gasteiger partial charge in [-0.15, -0.1) is 0 Å². The number of hydrogen-bond acceptors (Lipinski definition) is 6. The van der Waals surface area contributed by atoms with Crippen LogP contribution in [-0.4, -0.2) is 38.6 Å². The SMILES string of the molecule is CC(O)CNC(=O)c1cncnc1Nc1cc(-c2cc(Cl)ccc2F)ncc1C(C)C. The van der Waals surface area contributed by atoms with Gasteiger partial charge in [-0.3, -0.25) is 9.78 Å². The van der Waals surface area contributed by atoms with E-state index in [1.165, 1.54) is 30.7 Å². The van der Waals surface area contributed by atoms with Crippen molar-refractivity contribution in [2.45, 2.75) is 32.8 Å². The summed E-state index contributed by atoms with van der Waals surface area (Å²) in [7, 11) is 0. The maximum Gasteiger partial charge on any atom is 0.256 e. The number of aliphatic hydroxyl groups excluding tert-OH is 1. The molecular formula is C22H23ClFN5O2. The summed E-state index contributed by atoms with van der Waals surface area (Å²) in [6.45, 7) is 5.66. The quantitative estimate of drug-likeness (QED) is 0.503. The smallest absolute Gasteiger partial charge is 0.256 e. The first-order chi connectivity index (χ1) is 14.8. The minimum Gasteiger partial charge on any atom is -0.392 e. The molecule has 0 spiro atoms. The monoisotopic (exact) mass is 443 g/mol. The van der Waals surface area contributed by atoms with Crippen molar-refractivity contribution in [3.63, 3.8) is 0 Å². The molecule has 7 nitrogen and oxygen atoms in total. The van der Waals surface area contributed by atoms with Crippen LogP contribution in [0.15, 0.2) is 43.0 Å². The number of carbonyl (C=O) groups is 1. The number of nitrogens with one attached hydrogen (secondary N) is 2. The Kier molecular flexibility index (Phi) is 7.14. The van der Waals surface area contributed by atoms with Crippen LogP contribution in [0.5, 0.6) is 0 Å². The van der Waals surface area contributed by atoms with E-state index in [1.807, 2.05) is 13.8 Å². The summed E-state index contributed by atoms with van der Waals surface area (Å²) in [5, 5.41) is 15.6. The van der Waals surface area contributed by atoms with E-state index in [0.29, 0.717) is 16.4 Å². The topological polar surface area (TPSA) is 100 Å². The molecule has 0 aliphatic carbocycles. The second-order valence-electron chi connectivity index (χ2n) is 7.40. The summed E-state index contributed by atoms with van der Waals surface area (Å²) in [6, 6.07) is 5.97. The Hall–Kier alpha value is -3.10. The van der Waals surface area contributed by atoms with Crippen molar-refractivity contribution in [2.24, 2.45) is 0 Å². The van der Waals surface area contributed by atoms with E-state index in [1.54, 1.807) is 19.2 Å². The highest BCUT2D eigenvalue weighted by Crippen LogP contribution is 2.32. The molecule has 0 bridgehead atoms. The molecule has 1 amide bonds. The molecule has 0 saturated heterocycles. The van der Waals surface area contributed by atoms with Crippen LogP contribution >= 0.6 is 11.6 Å². The second kappa shape index (κ2) is 9.80. The molecular weight excluding hydrogens is 421 g/mol. The normalized spacial score (nSPS) is 12.0. The number of pyridine rings is 1. The molecule has 2 heterocycles. The fourth-order valence-electron chi connectivity index (χ4n) is 2.93. The first kappa shape index (κ1) is 22.6. The van der Waals surface area contributed by atoms with Gasteiger partial charge in [-0.1, -0.05) is 25.4 Å². The van der Waals surface area contributed by atoms with Crippen LogP contribution in [0.2, 0.25) is 5.02 Å². The van der Waals surface area contributed by atoms with Crippen molar-refractivity contribution in [1.29, 1.82) is 0 Å². The van der Waals surface area contributed by atoms with Gasteiger partial charge in [-0.25, -0.2) is 14.4 Å². The van der Waals surface area contributed by atoms with Crippen LogP contribution < -0.4 is 10.6 Å². The van der Waals surface area contributed by atoms with Crippen molar-refractivity contribution in [3.8, 4) is 11.3 Å². The largest absolute Gasteiger partial charge is 0.392 e. The molecule has 3 N–H and O–H groups in total. The van der Waals surface area contributed by atoms with E-state index < -0.39 is 17.8 Å². The number of benzene rings is 1. The zero-order chi connectivity index (χ0) is 22.5. The number of aliphatic hydroxyl groups is 1. The summed E-state index contributed by atoms with van der Waals surface area (Å²) in [5.41, 5.74) is 2.36. The van der Waals surface area contributed by atoms with E-state index in [9.17, 15) is 14.3 Å². The molecule has 0 fully saturated rings. The highest BCUT2D eigenvalue weighted by Gasteiger charge is 2.17. The van der Waals surface area contributed by atoms with Gasteiger partial charge in [-0.2, -0.15) is 0 Å². The Morgan fingerprint density at radius 2 is 1.97 bits per heavy atom. The third kappa shape index (κ3) is 5.53. The maximum absolute atomic E-state index is 14.4. The van der Waals surface area contributed by atoms with Crippen molar-refractivity contribution < 1.29 is 14.3 Å². The predicted molar refractivity (Wildman–Crippen MR) is 118 cm³/mol. The molecule has 1 unspecified atom stereocenters. The van der Waals surface area contributed by atoms with Crippen LogP contribution in [0, 0.1) is 5.82 Å². The van der Waals surface area contributed by atoms with Gasteiger partial charge < -0.3 is 15.7 Å². The lowest BCUT2D eigenvalue weighted by Gasteiger charge is -2.17. The van der Waals surface area contributed by atoms with Gasteiger partial charge >= 0.3 is 0 Å². The van der Waals surface area contributed by atoms with E-state index in [4.69, 9.17) is 11.6 Å².